The molecule has 3 aromatic rings. The number of nitrogens with zero attached hydrogens (tertiary/aromatic N) is 7. The highest BCUT2D eigenvalue weighted by atomic mass is 19.3. The number of carbonyl (C=O) groups excluding carboxylic acids is 6. The highest BCUT2D eigenvalue weighted by Gasteiger charge is 2.48. The third-order valence-electron chi connectivity index (χ3n) is 11.9. The molecule has 1 atom stereocenters. The van der Waals surface area contributed by atoms with Crippen LogP contribution in [0.2, 0.25) is 0 Å². The molecule has 0 spiro atoms. The molecule has 3 fully saturated rings. The Balaban J connectivity index is 0.830. The van der Waals surface area contributed by atoms with Gasteiger partial charge in [0.05, 0.1) is 42.4 Å². The van der Waals surface area contributed by atoms with E-state index in [2.05, 4.69) is 30.8 Å². The number of amides is 6. The van der Waals surface area contributed by atoms with Crippen LogP contribution in [0.15, 0.2) is 36.5 Å². The minimum absolute atomic E-state index is 0.00880. The van der Waals surface area contributed by atoms with Crippen molar-refractivity contribution in [3.05, 3.63) is 59.0 Å². The van der Waals surface area contributed by atoms with Crippen molar-refractivity contribution in [1.29, 1.82) is 0 Å². The van der Waals surface area contributed by atoms with E-state index < -0.39 is 59.9 Å². The molecule has 2 aromatic carbocycles. The van der Waals surface area contributed by atoms with Crippen molar-refractivity contribution >= 4 is 64.3 Å². The molecular weight excluding hydrogens is 802 g/mol. The van der Waals surface area contributed by atoms with Gasteiger partial charge in [0.2, 0.25) is 17.8 Å². The van der Waals surface area contributed by atoms with E-state index in [4.69, 9.17) is 4.74 Å². The maximum absolute atomic E-state index is 15.3. The Bertz CT molecular complexity index is 2330. The summed E-state index contributed by atoms with van der Waals surface area (Å²) in [5.74, 6) is -7.72. The first-order valence-corrected chi connectivity index (χ1v) is 20.1. The summed E-state index contributed by atoms with van der Waals surface area (Å²) in [6, 6.07) is 5.68. The summed E-state index contributed by atoms with van der Waals surface area (Å²) in [6.45, 7) is 5.96. The number of anilines is 5. The molecule has 322 valence electrons. The van der Waals surface area contributed by atoms with E-state index in [0.717, 1.165) is 35.5 Å². The number of benzene rings is 2. The fourth-order valence-electron chi connectivity index (χ4n) is 8.57. The number of halogens is 3. The number of hydrogen-bond donors (Lipinski definition) is 3. The molecule has 3 N–H and O–H groups in total. The van der Waals surface area contributed by atoms with Crippen LogP contribution in [0.3, 0.4) is 0 Å². The van der Waals surface area contributed by atoms with Gasteiger partial charge in [-0.3, -0.25) is 39.0 Å². The lowest BCUT2D eigenvalue weighted by atomic mass is 9.95. The molecular formula is C41H45F3N10O7. The van der Waals surface area contributed by atoms with Gasteiger partial charge < -0.3 is 35.0 Å². The Morgan fingerprint density at radius 1 is 1.00 bits per heavy atom. The highest BCUT2D eigenvalue weighted by molar-refractivity contribution is 6.23. The van der Waals surface area contributed by atoms with E-state index in [1.807, 2.05) is 4.90 Å². The molecule has 3 saturated heterocycles. The van der Waals surface area contributed by atoms with Gasteiger partial charge in [0.25, 0.3) is 23.6 Å². The predicted octanol–water partition coefficient (Wildman–Crippen LogP) is 2.93. The first-order valence-electron chi connectivity index (χ1n) is 20.1. The van der Waals surface area contributed by atoms with Crippen molar-refractivity contribution in [2.75, 3.05) is 73.4 Å². The third kappa shape index (κ3) is 7.79. The van der Waals surface area contributed by atoms with Gasteiger partial charge in [-0.25, -0.2) is 9.37 Å². The smallest absolute Gasteiger partial charge is 0.342 e. The lowest BCUT2D eigenvalue weighted by molar-refractivity contribution is -0.140. The van der Waals surface area contributed by atoms with Gasteiger partial charge in [0.1, 0.15) is 23.3 Å². The third-order valence-corrected chi connectivity index (χ3v) is 11.9. The lowest BCUT2D eigenvalue weighted by Gasteiger charge is -2.44. The molecule has 20 heteroatoms. The number of alkyl halides is 2. The minimum Gasteiger partial charge on any atom is -0.495 e. The molecule has 1 unspecified atom stereocenters. The SMILES string of the molecule is COc1cc(C(=O)NC2CCN(CC3CN(c4cc5c(cc4F)C(=O)N(C4CCC(=O)NC4=O)C5=O)C3)CC2)ccc1Nc1ncc2c(n1)N(C(C)C)CC(F)(F)C(=O)N2C. The molecule has 6 amide bonds. The standard InChI is InChI=1S/C41H45F3N10O7/c1-21(2)53-20-41(43,44)39(60)50(3)31-16-45-40(49-34(31)53)47-28-6-5-23(13-32(28)61-4)35(56)46-24-9-11-51(12-10-24)17-22-18-52(19-22)30-15-26-25(14-27(30)42)37(58)54(38(26)59)29-7-8-33(55)48-36(29)57/h5-6,13-16,21-22,24,29H,7-12,17-20H2,1-4H3,(H,46,56)(H,45,47,49)(H,48,55,57). The van der Waals surface area contributed by atoms with Crippen molar-refractivity contribution in [2.24, 2.45) is 5.92 Å². The monoisotopic (exact) mass is 846 g/mol. The average Bonchev–Trinajstić information content (AvgIpc) is 3.40. The van der Waals surface area contributed by atoms with Crippen LogP contribution in [-0.4, -0.2) is 133 Å². The number of piperidine rings is 2. The molecule has 5 aliphatic heterocycles. The van der Waals surface area contributed by atoms with Crippen LogP contribution in [-0.2, 0) is 14.4 Å². The van der Waals surface area contributed by atoms with Crippen molar-refractivity contribution in [3.63, 3.8) is 0 Å². The summed E-state index contributed by atoms with van der Waals surface area (Å²) in [4.78, 5) is 92.1. The second-order valence-corrected chi connectivity index (χ2v) is 16.3. The molecule has 61 heavy (non-hydrogen) atoms. The molecule has 5 aliphatic rings. The molecule has 8 rings (SSSR count). The quantitative estimate of drug-likeness (QED) is 0.253. The topological polar surface area (TPSA) is 190 Å². The van der Waals surface area contributed by atoms with Crippen LogP contribution in [0, 0.1) is 11.7 Å². The van der Waals surface area contributed by atoms with Crippen molar-refractivity contribution in [1.82, 2.24) is 30.4 Å². The van der Waals surface area contributed by atoms with Gasteiger partial charge in [-0.05, 0) is 63.4 Å². The van der Waals surface area contributed by atoms with Gasteiger partial charge in [-0.1, -0.05) is 0 Å². The molecule has 0 saturated carbocycles. The van der Waals surface area contributed by atoms with Crippen LogP contribution in [0.4, 0.5) is 42.0 Å². The van der Waals surface area contributed by atoms with Gasteiger partial charge >= 0.3 is 5.92 Å². The maximum Gasteiger partial charge on any atom is 0.342 e. The first-order chi connectivity index (χ1) is 29.0. The number of imide groups is 2. The number of rotatable bonds is 10. The molecule has 0 aliphatic carbocycles. The van der Waals surface area contributed by atoms with Crippen LogP contribution in [0.5, 0.6) is 5.75 Å². The summed E-state index contributed by atoms with van der Waals surface area (Å²) in [7, 11) is 2.71. The molecule has 17 nitrogen and oxygen atoms in total. The van der Waals surface area contributed by atoms with Gasteiger partial charge in [-0.2, -0.15) is 13.8 Å². The average molecular weight is 847 g/mol. The summed E-state index contributed by atoms with van der Waals surface area (Å²) in [5.41, 5.74) is 1.09. The Hall–Kier alpha value is -6.31. The van der Waals surface area contributed by atoms with Crippen molar-refractivity contribution in [2.45, 2.75) is 63.6 Å². The highest BCUT2D eigenvalue weighted by Crippen LogP contribution is 2.38. The Labute approximate surface area is 348 Å². The van der Waals surface area contributed by atoms with Crippen LogP contribution >= 0.6 is 0 Å². The zero-order valence-electron chi connectivity index (χ0n) is 34.0. The van der Waals surface area contributed by atoms with E-state index in [0.29, 0.717) is 42.9 Å². The molecule has 0 radical (unpaired) electrons. The molecule has 0 bridgehead atoms. The summed E-state index contributed by atoms with van der Waals surface area (Å²) < 4.78 is 50.4. The molecule has 1 aromatic heterocycles. The van der Waals surface area contributed by atoms with E-state index in [-0.39, 0.29) is 65.0 Å². The molecule has 6 heterocycles. The summed E-state index contributed by atoms with van der Waals surface area (Å²) in [6.07, 6.45) is 2.75. The second-order valence-electron chi connectivity index (χ2n) is 16.3. The first kappa shape index (κ1) is 41.4. The number of methoxy groups -OCH3 is 1. The zero-order valence-corrected chi connectivity index (χ0v) is 34.0. The number of fused-ring (bicyclic) bond motifs is 2. The van der Waals surface area contributed by atoms with Crippen molar-refractivity contribution < 1.29 is 46.7 Å². The zero-order chi connectivity index (χ0) is 43.5. The fourth-order valence-corrected chi connectivity index (χ4v) is 8.57. The number of carbonyl (C=O) groups is 6. The van der Waals surface area contributed by atoms with Crippen LogP contribution in [0.1, 0.15) is 70.6 Å². The van der Waals surface area contributed by atoms with Gasteiger partial charge in [0, 0.05) is 69.8 Å². The van der Waals surface area contributed by atoms with E-state index >= 15 is 4.39 Å². The summed E-state index contributed by atoms with van der Waals surface area (Å²) >= 11 is 0. The van der Waals surface area contributed by atoms with Gasteiger partial charge in [-0.15, -0.1) is 0 Å². The van der Waals surface area contributed by atoms with E-state index in [1.54, 1.807) is 32.0 Å². The van der Waals surface area contributed by atoms with Crippen LogP contribution < -0.4 is 35.4 Å². The van der Waals surface area contributed by atoms with Gasteiger partial charge in [0.15, 0.2) is 5.82 Å². The Kier molecular flexibility index (Phi) is 10.8. The van der Waals surface area contributed by atoms with E-state index in [1.165, 1.54) is 31.3 Å². The number of aromatic nitrogens is 2. The van der Waals surface area contributed by atoms with Crippen LogP contribution in [0.25, 0.3) is 0 Å². The summed E-state index contributed by atoms with van der Waals surface area (Å²) in [5, 5.41) is 8.31. The second kappa shape index (κ2) is 15.9. The number of ether oxygens (including phenoxy) is 1. The Morgan fingerprint density at radius 2 is 1.70 bits per heavy atom. The maximum atomic E-state index is 15.3. The number of likely N-dealkylation sites (tertiary alicyclic amines) is 1. The van der Waals surface area contributed by atoms with Crippen molar-refractivity contribution in [3.8, 4) is 5.75 Å². The predicted molar refractivity (Wildman–Crippen MR) is 215 cm³/mol. The van der Waals surface area contributed by atoms with E-state index in [9.17, 15) is 37.5 Å². The fraction of sp³-hybridized carbons (Fsp3) is 0.463. The Morgan fingerprint density at radius 3 is 2.38 bits per heavy atom. The normalized spacial score (nSPS) is 21.0. The largest absolute Gasteiger partial charge is 0.495 e. The lowest BCUT2D eigenvalue weighted by Crippen LogP contribution is -2.54. The number of nitrogens with one attached hydrogen (secondary N) is 3. The number of hydrogen-bond acceptors (Lipinski definition) is 13. The minimum atomic E-state index is -3.62.